The fourth-order valence-corrected chi connectivity index (χ4v) is 2.85. The van der Waals surface area contributed by atoms with Gasteiger partial charge in [-0.05, 0) is 62.4 Å². The minimum Gasteiger partial charge on any atom is -0.397 e. The van der Waals surface area contributed by atoms with Crippen LogP contribution in [0, 0.1) is 27.7 Å². The number of anilines is 2. The molecule has 3 N–H and O–H groups in total. The van der Waals surface area contributed by atoms with Gasteiger partial charge in [-0.1, -0.05) is 29.8 Å². The monoisotopic (exact) mass is 268 g/mol. The maximum atomic E-state index is 6.02. The van der Waals surface area contributed by atoms with Crippen LogP contribution in [0.5, 0.6) is 0 Å². The Morgan fingerprint density at radius 3 is 2.20 bits per heavy atom. The fraction of sp³-hybridized carbons (Fsp3) is 0.333. The highest BCUT2D eigenvalue weighted by Gasteiger charge is 2.05. The van der Waals surface area contributed by atoms with Gasteiger partial charge in [0.25, 0.3) is 0 Å². The lowest BCUT2D eigenvalue weighted by Crippen LogP contribution is -2.10. The molecule has 106 valence electrons. The van der Waals surface area contributed by atoms with E-state index >= 15 is 0 Å². The molecule has 0 aliphatic rings. The molecule has 2 nitrogen and oxygen atoms in total. The van der Waals surface area contributed by atoms with E-state index < -0.39 is 0 Å². The van der Waals surface area contributed by atoms with Crippen LogP contribution in [0.25, 0.3) is 0 Å². The van der Waals surface area contributed by atoms with Gasteiger partial charge in [0.15, 0.2) is 0 Å². The van der Waals surface area contributed by atoms with Crippen LogP contribution in [-0.4, -0.2) is 6.54 Å². The minimum atomic E-state index is 0.822. The highest BCUT2D eigenvalue weighted by Crippen LogP contribution is 2.23. The number of nitrogens with one attached hydrogen (secondary N) is 1. The Bertz CT molecular complexity index is 572. The maximum absolute atomic E-state index is 6.02. The number of nitrogen functional groups attached to an aromatic ring is 1. The molecule has 0 aromatic heterocycles. The van der Waals surface area contributed by atoms with Crippen molar-refractivity contribution >= 4 is 11.4 Å². The fourth-order valence-electron chi connectivity index (χ4n) is 2.85. The zero-order valence-corrected chi connectivity index (χ0v) is 12.9. The Labute approximate surface area is 122 Å². The van der Waals surface area contributed by atoms with Crippen molar-refractivity contribution in [2.24, 2.45) is 0 Å². The molecule has 2 rings (SSSR count). The predicted molar refractivity (Wildman–Crippen MR) is 88.4 cm³/mol. The molecule has 0 radical (unpaired) electrons. The van der Waals surface area contributed by atoms with Crippen molar-refractivity contribution in [1.82, 2.24) is 0 Å². The Balaban J connectivity index is 2.07. The van der Waals surface area contributed by atoms with Gasteiger partial charge < -0.3 is 11.1 Å². The number of rotatable bonds is 4. The minimum absolute atomic E-state index is 0.822. The standard InChI is InChI=1S/C18H24N2/c1-12-10-14(3)16(15(4)11-12)8-9-20-18-13(2)6-5-7-17(18)19/h5-7,10-11,20H,8-9,19H2,1-4H3. The van der Waals surface area contributed by atoms with E-state index in [1.807, 2.05) is 12.1 Å². The first-order chi connectivity index (χ1) is 9.49. The molecule has 0 heterocycles. The molecule has 0 aliphatic heterocycles. The van der Waals surface area contributed by atoms with E-state index in [9.17, 15) is 0 Å². The molecule has 0 saturated heterocycles. The van der Waals surface area contributed by atoms with E-state index in [1.54, 1.807) is 0 Å². The van der Waals surface area contributed by atoms with Gasteiger partial charge in [-0.25, -0.2) is 0 Å². The molecule has 0 amide bonds. The van der Waals surface area contributed by atoms with Crippen LogP contribution in [0.1, 0.15) is 27.8 Å². The SMILES string of the molecule is Cc1cc(C)c(CCNc2c(C)cccc2N)c(C)c1. The van der Waals surface area contributed by atoms with E-state index in [0.29, 0.717) is 0 Å². The lowest BCUT2D eigenvalue weighted by atomic mass is 9.97. The van der Waals surface area contributed by atoms with Gasteiger partial charge >= 0.3 is 0 Å². The summed E-state index contributed by atoms with van der Waals surface area (Å²) in [7, 11) is 0. The van der Waals surface area contributed by atoms with Gasteiger partial charge in [0.2, 0.25) is 0 Å². The summed E-state index contributed by atoms with van der Waals surface area (Å²) in [5.41, 5.74) is 14.6. The zero-order chi connectivity index (χ0) is 14.7. The molecule has 0 bridgehead atoms. The lowest BCUT2D eigenvalue weighted by molar-refractivity contribution is 0.985. The normalized spacial score (nSPS) is 10.6. The highest BCUT2D eigenvalue weighted by molar-refractivity contribution is 5.69. The van der Waals surface area contributed by atoms with Gasteiger partial charge in [0, 0.05) is 6.54 Å². The lowest BCUT2D eigenvalue weighted by Gasteiger charge is -2.15. The summed E-state index contributed by atoms with van der Waals surface area (Å²) in [6, 6.07) is 10.5. The van der Waals surface area contributed by atoms with Gasteiger partial charge in [0.05, 0.1) is 11.4 Å². The Morgan fingerprint density at radius 1 is 0.950 bits per heavy atom. The van der Waals surface area contributed by atoms with Crippen molar-refractivity contribution < 1.29 is 0 Å². The third-order valence-corrected chi connectivity index (χ3v) is 3.82. The van der Waals surface area contributed by atoms with Crippen molar-refractivity contribution in [1.29, 1.82) is 0 Å². The van der Waals surface area contributed by atoms with E-state index in [2.05, 4.69) is 51.2 Å². The van der Waals surface area contributed by atoms with Crippen molar-refractivity contribution in [3.05, 3.63) is 58.1 Å². The van der Waals surface area contributed by atoms with Crippen LogP contribution in [0.2, 0.25) is 0 Å². The number of benzene rings is 2. The summed E-state index contributed by atoms with van der Waals surface area (Å²) in [4.78, 5) is 0. The van der Waals surface area contributed by atoms with Crippen LogP contribution in [0.4, 0.5) is 11.4 Å². The highest BCUT2D eigenvalue weighted by atomic mass is 14.9. The van der Waals surface area contributed by atoms with E-state index in [4.69, 9.17) is 5.73 Å². The van der Waals surface area contributed by atoms with Crippen LogP contribution < -0.4 is 11.1 Å². The van der Waals surface area contributed by atoms with Gasteiger partial charge in [-0.3, -0.25) is 0 Å². The third kappa shape index (κ3) is 3.13. The van der Waals surface area contributed by atoms with Gasteiger partial charge in [0.1, 0.15) is 0 Å². The predicted octanol–water partition coefficient (Wildman–Crippen LogP) is 4.16. The van der Waals surface area contributed by atoms with Crippen molar-refractivity contribution in [3.63, 3.8) is 0 Å². The summed E-state index contributed by atoms with van der Waals surface area (Å²) in [6.07, 6.45) is 1.02. The average Bonchev–Trinajstić information content (AvgIpc) is 2.35. The summed E-state index contributed by atoms with van der Waals surface area (Å²) in [5, 5.41) is 3.47. The van der Waals surface area contributed by atoms with Crippen LogP contribution in [0.15, 0.2) is 30.3 Å². The van der Waals surface area contributed by atoms with Crippen molar-refractivity contribution in [2.45, 2.75) is 34.1 Å². The van der Waals surface area contributed by atoms with Crippen LogP contribution in [-0.2, 0) is 6.42 Å². The summed E-state index contributed by atoms with van der Waals surface area (Å²) in [6.45, 7) is 9.52. The second kappa shape index (κ2) is 6.00. The smallest absolute Gasteiger partial charge is 0.0603 e. The summed E-state index contributed by atoms with van der Waals surface area (Å²) in [5.74, 6) is 0. The molecule has 0 unspecified atom stereocenters. The molecule has 2 heteroatoms. The molecule has 2 aromatic rings. The maximum Gasteiger partial charge on any atom is 0.0603 e. The number of nitrogens with two attached hydrogens (primary N) is 1. The van der Waals surface area contributed by atoms with E-state index in [0.717, 1.165) is 24.3 Å². The number of hydrogen-bond acceptors (Lipinski definition) is 2. The quantitative estimate of drug-likeness (QED) is 0.817. The van der Waals surface area contributed by atoms with Crippen molar-refractivity contribution in [3.8, 4) is 0 Å². The Hall–Kier alpha value is -1.96. The molecule has 0 fully saturated rings. The molecule has 20 heavy (non-hydrogen) atoms. The third-order valence-electron chi connectivity index (χ3n) is 3.82. The molecule has 0 aliphatic carbocycles. The first-order valence-corrected chi connectivity index (χ1v) is 7.14. The zero-order valence-electron chi connectivity index (χ0n) is 12.9. The van der Waals surface area contributed by atoms with Gasteiger partial charge in [-0.15, -0.1) is 0 Å². The second-order valence-corrected chi connectivity index (χ2v) is 5.59. The number of para-hydroxylation sites is 1. The topological polar surface area (TPSA) is 38.0 Å². The molecular weight excluding hydrogens is 244 g/mol. The van der Waals surface area contributed by atoms with Crippen LogP contribution in [0.3, 0.4) is 0 Å². The summed E-state index contributed by atoms with van der Waals surface area (Å²) >= 11 is 0. The Morgan fingerprint density at radius 2 is 1.60 bits per heavy atom. The molecule has 2 aromatic carbocycles. The van der Waals surface area contributed by atoms with Crippen LogP contribution >= 0.6 is 0 Å². The molecule has 0 spiro atoms. The number of aryl methyl sites for hydroxylation is 4. The largest absolute Gasteiger partial charge is 0.397 e. The molecule has 0 atom stereocenters. The number of hydrogen-bond donors (Lipinski definition) is 2. The molecule has 0 saturated carbocycles. The van der Waals surface area contributed by atoms with E-state index in [-0.39, 0.29) is 0 Å². The average molecular weight is 268 g/mol. The first-order valence-electron chi connectivity index (χ1n) is 7.14. The first kappa shape index (κ1) is 14.4. The van der Waals surface area contributed by atoms with Crippen molar-refractivity contribution in [2.75, 3.05) is 17.6 Å². The van der Waals surface area contributed by atoms with E-state index in [1.165, 1.54) is 27.8 Å². The van der Waals surface area contributed by atoms with Gasteiger partial charge in [-0.2, -0.15) is 0 Å². The molecular formula is C18H24N2. The summed E-state index contributed by atoms with van der Waals surface area (Å²) < 4.78 is 0. The second-order valence-electron chi connectivity index (χ2n) is 5.59. The Kier molecular flexibility index (Phi) is 4.33.